The lowest BCUT2D eigenvalue weighted by atomic mass is 10.1. The van der Waals surface area contributed by atoms with Crippen LogP contribution in [0.25, 0.3) is 0 Å². The van der Waals surface area contributed by atoms with Crippen LogP contribution in [0.3, 0.4) is 0 Å². The number of benzene rings is 1. The predicted molar refractivity (Wildman–Crippen MR) is 64.5 cm³/mol. The second-order valence-corrected chi connectivity index (χ2v) is 4.62. The number of rotatable bonds is 5. The Morgan fingerprint density at radius 3 is 2.33 bits per heavy atom. The van der Waals surface area contributed by atoms with E-state index >= 15 is 0 Å². The van der Waals surface area contributed by atoms with Gasteiger partial charge < -0.3 is 5.11 Å². The fourth-order valence-corrected chi connectivity index (χ4v) is 1.59. The summed E-state index contributed by atoms with van der Waals surface area (Å²) in [6.45, 7) is 2.12. The summed E-state index contributed by atoms with van der Waals surface area (Å²) in [5, 5.41) is 8.70. The molecule has 15 heavy (non-hydrogen) atoms. The third-order valence-corrected chi connectivity index (χ3v) is 3.24. The van der Waals surface area contributed by atoms with Crippen molar-refractivity contribution in [2.75, 3.05) is 0 Å². The van der Waals surface area contributed by atoms with Crippen LogP contribution in [0.1, 0.15) is 24.5 Å². The standard InChI is InChI=1S/C12H15BrO2/c1-2-9-3-5-10(6-4-9)7-8-11(13)12(14)15/h3-6,11H,2,7-8H2,1H3,(H,14,15). The monoisotopic (exact) mass is 270 g/mol. The summed E-state index contributed by atoms with van der Waals surface area (Å²) in [6, 6.07) is 8.33. The number of hydrogen-bond donors (Lipinski definition) is 1. The number of hydrogen-bond acceptors (Lipinski definition) is 1. The average molecular weight is 271 g/mol. The highest BCUT2D eigenvalue weighted by molar-refractivity contribution is 9.10. The zero-order valence-corrected chi connectivity index (χ0v) is 10.3. The van der Waals surface area contributed by atoms with Gasteiger partial charge in [0.15, 0.2) is 0 Å². The number of alkyl halides is 1. The number of carbonyl (C=O) groups is 1. The summed E-state index contributed by atoms with van der Waals surface area (Å²) >= 11 is 3.13. The first kappa shape index (κ1) is 12.2. The Morgan fingerprint density at radius 1 is 1.33 bits per heavy atom. The minimum Gasteiger partial charge on any atom is -0.480 e. The molecule has 0 aliphatic heterocycles. The van der Waals surface area contributed by atoms with E-state index in [2.05, 4.69) is 47.1 Å². The molecular weight excluding hydrogens is 256 g/mol. The van der Waals surface area contributed by atoms with E-state index in [1.807, 2.05) is 0 Å². The Hall–Kier alpha value is -0.830. The molecule has 0 radical (unpaired) electrons. The van der Waals surface area contributed by atoms with Gasteiger partial charge in [-0.05, 0) is 30.4 Å². The molecule has 0 aliphatic rings. The highest BCUT2D eigenvalue weighted by Gasteiger charge is 2.12. The quantitative estimate of drug-likeness (QED) is 0.836. The van der Waals surface area contributed by atoms with Gasteiger partial charge in [-0.15, -0.1) is 0 Å². The molecular formula is C12H15BrO2. The fraction of sp³-hybridized carbons (Fsp3) is 0.417. The van der Waals surface area contributed by atoms with Crippen molar-refractivity contribution in [2.45, 2.75) is 31.0 Å². The highest BCUT2D eigenvalue weighted by atomic mass is 79.9. The summed E-state index contributed by atoms with van der Waals surface area (Å²) in [4.78, 5) is 10.1. The third-order valence-electron chi connectivity index (χ3n) is 2.39. The van der Waals surface area contributed by atoms with Crippen LogP contribution in [0.15, 0.2) is 24.3 Å². The Bertz CT molecular complexity index is 319. The summed E-state index contributed by atoms with van der Waals surface area (Å²) in [6.07, 6.45) is 2.46. The van der Waals surface area contributed by atoms with Crippen LogP contribution >= 0.6 is 15.9 Å². The Balaban J connectivity index is 2.47. The number of aliphatic carboxylic acids is 1. The van der Waals surface area contributed by atoms with Gasteiger partial charge in [-0.1, -0.05) is 47.1 Å². The Kier molecular flexibility index (Phi) is 4.82. The van der Waals surface area contributed by atoms with Crippen LogP contribution in [0, 0.1) is 0 Å². The van der Waals surface area contributed by atoms with Gasteiger partial charge in [-0.2, -0.15) is 0 Å². The molecule has 0 amide bonds. The summed E-state index contributed by atoms with van der Waals surface area (Å²) in [5.41, 5.74) is 2.50. The van der Waals surface area contributed by atoms with Gasteiger partial charge in [0, 0.05) is 0 Å². The van der Waals surface area contributed by atoms with Crippen molar-refractivity contribution in [3.05, 3.63) is 35.4 Å². The first-order valence-electron chi connectivity index (χ1n) is 5.08. The zero-order chi connectivity index (χ0) is 11.3. The van der Waals surface area contributed by atoms with E-state index in [9.17, 15) is 4.79 Å². The number of halogens is 1. The van der Waals surface area contributed by atoms with E-state index < -0.39 is 10.8 Å². The fourth-order valence-electron chi connectivity index (χ4n) is 1.36. The van der Waals surface area contributed by atoms with Crippen molar-refractivity contribution >= 4 is 21.9 Å². The number of carboxylic acids is 1. The van der Waals surface area contributed by atoms with E-state index in [1.54, 1.807) is 0 Å². The van der Waals surface area contributed by atoms with Crippen LogP contribution in [0.4, 0.5) is 0 Å². The minimum absolute atomic E-state index is 0.441. The van der Waals surface area contributed by atoms with Crippen LogP contribution in [-0.2, 0) is 17.6 Å². The topological polar surface area (TPSA) is 37.3 Å². The second kappa shape index (κ2) is 5.91. The summed E-state index contributed by atoms with van der Waals surface area (Å²) < 4.78 is 0. The van der Waals surface area contributed by atoms with Crippen molar-refractivity contribution in [2.24, 2.45) is 0 Å². The molecule has 1 unspecified atom stereocenters. The lowest BCUT2D eigenvalue weighted by Crippen LogP contribution is -2.13. The van der Waals surface area contributed by atoms with Crippen LogP contribution in [0.5, 0.6) is 0 Å². The molecule has 0 heterocycles. The van der Waals surface area contributed by atoms with Crippen molar-refractivity contribution in [3.8, 4) is 0 Å². The molecule has 82 valence electrons. The van der Waals surface area contributed by atoms with E-state index in [0.717, 1.165) is 12.8 Å². The van der Waals surface area contributed by atoms with E-state index in [1.165, 1.54) is 11.1 Å². The molecule has 0 aromatic heterocycles. The molecule has 0 bridgehead atoms. The van der Waals surface area contributed by atoms with Gasteiger partial charge in [0.2, 0.25) is 0 Å². The van der Waals surface area contributed by atoms with Gasteiger partial charge in [-0.3, -0.25) is 4.79 Å². The van der Waals surface area contributed by atoms with Gasteiger partial charge in [0.25, 0.3) is 0 Å². The molecule has 3 heteroatoms. The Labute approximate surface area is 98.4 Å². The van der Waals surface area contributed by atoms with Crippen LogP contribution < -0.4 is 0 Å². The van der Waals surface area contributed by atoms with Gasteiger partial charge in [0.1, 0.15) is 4.83 Å². The van der Waals surface area contributed by atoms with Crippen molar-refractivity contribution in [1.82, 2.24) is 0 Å². The maximum Gasteiger partial charge on any atom is 0.317 e. The first-order chi connectivity index (χ1) is 7.13. The largest absolute Gasteiger partial charge is 0.480 e. The maximum absolute atomic E-state index is 10.6. The summed E-state index contributed by atoms with van der Waals surface area (Å²) in [7, 11) is 0. The summed E-state index contributed by atoms with van der Waals surface area (Å²) in [5.74, 6) is -0.792. The third kappa shape index (κ3) is 4.04. The van der Waals surface area contributed by atoms with Gasteiger partial charge >= 0.3 is 5.97 Å². The lowest BCUT2D eigenvalue weighted by Gasteiger charge is -2.05. The van der Waals surface area contributed by atoms with E-state index in [0.29, 0.717) is 6.42 Å². The molecule has 1 aromatic carbocycles. The molecule has 0 fully saturated rings. The first-order valence-corrected chi connectivity index (χ1v) is 5.99. The molecule has 1 aromatic rings. The van der Waals surface area contributed by atoms with Gasteiger partial charge in [0.05, 0.1) is 0 Å². The van der Waals surface area contributed by atoms with Crippen molar-refractivity contribution in [1.29, 1.82) is 0 Å². The molecule has 1 N–H and O–H groups in total. The highest BCUT2D eigenvalue weighted by Crippen LogP contribution is 2.12. The van der Waals surface area contributed by atoms with Crippen LogP contribution in [0.2, 0.25) is 0 Å². The minimum atomic E-state index is -0.792. The van der Waals surface area contributed by atoms with Crippen molar-refractivity contribution in [3.63, 3.8) is 0 Å². The maximum atomic E-state index is 10.6. The van der Waals surface area contributed by atoms with Gasteiger partial charge in [-0.25, -0.2) is 0 Å². The van der Waals surface area contributed by atoms with Crippen LogP contribution in [-0.4, -0.2) is 15.9 Å². The number of aryl methyl sites for hydroxylation is 2. The lowest BCUT2D eigenvalue weighted by molar-refractivity contribution is -0.136. The predicted octanol–water partition coefficient (Wildman–Crippen LogP) is 3.03. The van der Waals surface area contributed by atoms with Crippen molar-refractivity contribution < 1.29 is 9.90 Å². The molecule has 0 saturated heterocycles. The van der Waals surface area contributed by atoms with E-state index in [4.69, 9.17) is 5.11 Å². The smallest absolute Gasteiger partial charge is 0.317 e. The zero-order valence-electron chi connectivity index (χ0n) is 8.74. The van der Waals surface area contributed by atoms with E-state index in [-0.39, 0.29) is 0 Å². The normalized spacial score (nSPS) is 12.4. The average Bonchev–Trinajstić information content (AvgIpc) is 2.26. The molecule has 1 atom stereocenters. The number of carboxylic acid groups (broad SMARTS) is 1. The second-order valence-electron chi connectivity index (χ2n) is 3.51. The SMILES string of the molecule is CCc1ccc(CCC(Br)C(=O)O)cc1. The molecule has 0 spiro atoms. The molecule has 0 saturated carbocycles. The Morgan fingerprint density at radius 2 is 1.87 bits per heavy atom. The molecule has 0 aliphatic carbocycles. The molecule has 1 rings (SSSR count). The molecule has 2 nitrogen and oxygen atoms in total.